The van der Waals surface area contributed by atoms with Gasteiger partial charge >= 0.3 is 5.97 Å². The molecule has 0 N–H and O–H groups in total. The Bertz CT molecular complexity index is 645. The third-order valence-electron chi connectivity index (χ3n) is 3.95. The van der Waals surface area contributed by atoms with Gasteiger partial charge in [0.25, 0.3) is 0 Å². The first-order valence-electron chi connectivity index (χ1n) is 7.69. The lowest BCUT2D eigenvalue weighted by Gasteiger charge is -2.16. The van der Waals surface area contributed by atoms with Crippen LogP contribution in [-0.2, 0) is 15.7 Å². The highest BCUT2D eigenvalue weighted by Gasteiger charge is 2.27. The average Bonchev–Trinajstić information content (AvgIpc) is 2.56. The van der Waals surface area contributed by atoms with Crippen molar-refractivity contribution in [2.75, 3.05) is 11.5 Å². The van der Waals surface area contributed by atoms with Crippen molar-refractivity contribution >= 4 is 27.6 Å². The molecular formula is C18H21O2S+. The first-order valence-corrected chi connectivity index (χ1v) is 9.26. The van der Waals surface area contributed by atoms with Gasteiger partial charge in [-0.1, -0.05) is 25.1 Å². The molecule has 2 nitrogen and oxygen atoms in total. The molecule has 110 valence electrons. The normalized spacial score (nSPS) is 16.0. The zero-order valence-corrected chi connectivity index (χ0v) is 13.2. The smallest absolute Gasteiger partial charge is 0.310 e. The van der Waals surface area contributed by atoms with Gasteiger partial charge < -0.3 is 4.74 Å². The molecule has 2 aromatic rings. The molecule has 1 aliphatic rings. The van der Waals surface area contributed by atoms with Crippen molar-refractivity contribution in [1.82, 2.24) is 0 Å². The molecule has 0 radical (unpaired) electrons. The first kappa shape index (κ1) is 14.5. The maximum absolute atomic E-state index is 11.6. The van der Waals surface area contributed by atoms with Crippen LogP contribution >= 0.6 is 0 Å². The summed E-state index contributed by atoms with van der Waals surface area (Å²) in [6, 6.07) is 12.5. The van der Waals surface area contributed by atoms with Gasteiger partial charge in [0, 0.05) is 28.1 Å². The Kier molecular flexibility index (Phi) is 4.49. The number of carbonyl (C=O) groups is 1. The fourth-order valence-corrected chi connectivity index (χ4v) is 5.33. The second-order valence-corrected chi connectivity index (χ2v) is 7.64. The Morgan fingerprint density at radius 3 is 2.48 bits per heavy atom. The maximum atomic E-state index is 11.6. The molecule has 0 spiro atoms. The van der Waals surface area contributed by atoms with E-state index in [0.717, 1.165) is 5.39 Å². The summed E-state index contributed by atoms with van der Waals surface area (Å²) in [6.07, 6.45) is 4.45. The molecule has 2 aromatic carbocycles. The van der Waals surface area contributed by atoms with Crippen LogP contribution in [0.5, 0.6) is 5.75 Å². The van der Waals surface area contributed by atoms with Crippen LogP contribution in [0.4, 0.5) is 0 Å². The Morgan fingerprint density at radius 1 is 1.05 bits per heavy atom. The lowest BCUT2D eigenvalue weighted by Crippen LogP contribution is -2.18. The number of rotatable bonds is 3. The van der Waals surface area contributed by atoms with E-state index in [1.54, 1.807) is 0 Å². The van der Waals surface area contributed by atoms with Crippen molar-refractivity contribution in [2.45, 2.75) is 37.5 Å². The van der Waals surface area contributed by atoms with Crippen molar-refractivity contribution in [3.8, 4) is 5.75 Å². The maximum Gasteiger partial charge on any atom is 0.310 e. The minimum atomic E-state index is -0.173. The van der Waals surface area contributed by atoms with Crippen molar-refractivity contribution in [2.24, 2.45) is 0 Å². The summed E-state index contributed by atoms with van der Waals surface area (Å²) in [6.45, 7) is 1.82. The highest BCUT2D eigenvalue weighted by Crippen LogP contribution is 2.34. The van der Waals surface area contributed by atoms with E-state index in [1.807, 2.05) is 19.1 Å². The van der Waals surface area contributed by atoms with Gasteiger partial charge in [0.15, 0.2) is 4.90 Å². The zero-order valence-electron chi connectivity index (χ0n) is 12.4. The Balaban J connectivity index is 2.03. The fourth-order valence-electron chi connectivity index (χ4n) is 2.83. The second-order valence-electron chi connectivity index (χ2n) is 5.40. The number of carbonyl (C=O) groups excluding carboxylic acids is 1. The third kappa shape index (κ3) is 3.08. The predicted octanol–water partition coefficient (Wildman–Crippen LogP) is 4.32. The van der Waals surface area contributed by atoms with Gasteiger partial charge in [0.05, 0.1) is 0 Å². The monoisotopic (exact) mass is 301 g/mol. The van der Waals surface area contributed by atoms with E-state index in [4.69, 9.17) is 4.74 Å². The van der Waals surface area contributed by atoms with Gasteiger partial charge in [-0.3, -0.25) is 4.79 Å². The van der Waals surface area contributed by atoms with E-state index in [9.17, 15) is 4.79 Å². The first-order chi connectivity index (χ1) is 10.3. The number of esters is 1. The van der Waals surface area contributed by atoms with E-state index >= 15 is 0 Å². The summed E-state index contributed by atoms with van der Waals surface area (Å²) >= 11 is 0. The van der Waals surface area contributed by atoms with Crippen LogP contribution in [0, 0.1) is 0 Å². The van der Waals surface area contributed by atoms with Gasteiger partial charge in [-0.15, -0.1) is 0 Å². The molecule has 1 heterocycles. The number of fused-ring (bicyclic) bond motifs is 1. The van der Waals surface area contributed by atoms with Gasteiger partial charge in [0.2, 0.25) is 0 Å². The summed E-state index contributed by atoms with van der Waals surface area (Å²) in [4.78, 5) is 13.0. The van der Waals surface area contributed by atoms with Gasteiger partial charge in [-0.2, -0.15) is 0 Å². The standard InChI is InChI=1S/C18H21O2S/c1-2-18(19)20-16-10-11-17(21-12-6-3-7-13-21)15-9-5-4-8-14(15)16/h4-5,8-11H,2-3,6-7,12-13H2,1H3/q+1. The molecule has 0 bridgehead atoms. The van der Waals surface area contributed by atoms with Crippen LogP contribution in [0.3, 0.4) is 0 Å². The van der Waals surface area contributed by atoms with Gasteiger partial charge in [0.1, 0.15) is 17.3 Å². The second kappa shape index (κ2) is 6.52. The number of ether oxygens (including phenoxy) is 1. The fraction of sp³-hybridized carbons (Fsp3) is 0.389. The summed E-state index contributed by atoms with van der Waals surface area (Å²) in [7, 11) is 0.354. The molecule has 1 fully saturated rings. The van der Waals surface area contributed by atoms with Crippen molar-refractivity contribution in [3.63, 3.8) is 0 Å². The molecule has 0 unspecified atom stereocenters. The molecular weight excluding hydrogens is 280 g/mol. The molecule has 1 saturated heterocycles. The Hall–Kier alpha value is -1.48. The lowest BCUT2D eigenvalue weighted by molar-refractivity contribution is -0.133. The van der Waals surface area contributed by atoms with Crippen molar-refractivity contribution < 1.29 is 9.53 Å². The largest absolute Gasteiger partial charge is 0.426 e. The molecule has 3 heteroatoms. The molecule has 0 aromatic heterocycles. The quantitative estimate of drug-likeness (QED) is 0.479. The van der Waals surface area contributed by atoms with Gasteiger partial charge in [-0.05, 0) is 37.5 Å². The third-order valence-corrected chi connectivity index (χ3v) is 6.49. The van der Waals surface area contributed by atoms with E-state index < -0.39 is 0 Å². The Labute approximate surface area is 128 Å². The number of hydrogen-bond acceptors (Lipinski definition) is 2. The summed E-state index contributed by atoms with van der Waals surface area (Å²) in [5.74, 6) is 3.13. The van der Waals surface area contributed by atoms with E-state index in [1.165, 1.54) is 41.0 Å². The van der Waals surface area contributed by atoms with Crippen LogP contribution < -0.4 is 4.74 Å². The van der Waals surface area contributed by atoms with E-state index in [-0.39, 0.29) is 5.97 Å². The van der Waals surface area contributed by atoms with Crippen LogP contribution in [0.25, 0.3) is 10.8 Å². The summed E-state index contributed by atoms with van der Waals surface area (Å²) in [5.41, 5.74) is 0. The molecule has 0 amide bonds. The van der Waals surface area contributed by atoms with Crippen LogP contribution in [0.1, 0.15) is 32.6 Å². The minimum Gasteiger partial charge on any atom is -0.426 e. The van der Waals surface area contributed by atoms with Crippen molar-refractivity contribution in [1.29, 1.82) is 0 Å². The molecule has 0 atom stereocenters. The summed E-state index contributed by atoms with van der Waals surface area (Å²) in [5, 5.41) is 2.32. The van der Waals surface area contributed by atoms with Crippen molar-refractivity contribution in [3.05, 3.63) is 36.4 Å². The highest BCUT2D eigenvalue weighted by atomic mass is 32.2. The molecule has 0 aliphatic carbocycles. The molecule has 21 heavy (non-hydrogen) atoms. The molecule has 3 rings (SSSR count). The average molecular weight is 301 g/mol. The predicted molar refractivity (Wildman–Crippen MR) is 89.1 cm³/mol. The zero-order chi connectivity index (χ0) is 14.7. The minimum absolute atomic E-state index is 0.173. The van der Waals surface area contributed by atoms with Crippen LogP contribution in [-0.4, -0.2) is 17.5 Å². The SMILES string of the molecule is CCC(=O)Oc1ccc([S+]2CCCCC2)c2ccccc12. The topological polar surface area (TPSA) is 26.3 Å². The summed E-state index contributed by atoms with van der Waals surface area (Å²) < 4.78 is 5.48. The lowest BCUT2D eigenvalue weighted by atomic mass is 10.1. The van der Waals surface area contributed by atoms with Crippen LogP contribution in [0.15, 0.2) is 41.3 Å². The molecule has 0 saturated carbocycles. The number of hydrogen-bond donors (Lipinski definition) is 0. The van der Waals surface area contributed by atoms with Crippen LogP contribution in [0.2, 0.25) is 0 Å². The highest BCUT2D eigenvalue weighted by molar-refractivity contribution is 7.97. The van der Waals surface area contributed by atoms with E-state index in [0.29, 0.717) is 23.1 Å². The van der Waals surface area contributed by atoms with Gasteiger partial charge in [-0.25, -0.2) is 0 Å². The Morgan fingerprint density at radius 2 is 1.76 bits per heavy atom. The number of benzene rings is 2. The van der Waals surface area contributed by atoms with E-state index in [2.05, 4.69) is 24.3 Å². The molecule has 1 aliphatic heterocycles.